The largest absolute Gasteiger partial charge is 0.449 e. The Morgan fingerprint density at radius 3 is 3.06 bits per heavy atom. The Hall–Kier alpha value is -0.870. The molecule has 1 aliphatic rings. The molecule has 1 aromatic heterocycles. The predicted molar refractivity (Wildman–Crippen MR) is 72.4 cm³/mol. The van der Waals surface area contributed by atoms with Crippen molar-refractivity contribution in [3.05, 3.63) is 17.8 Å². The number of aromatic nitrogens is 1. The van der Waals surface area contributed by atoms with Crippen molar-refractivity contribution in [2.24, 2.45) is 5.73 Å². The molecule has 2 heterocycles. The van der Waals surface area contributed by atoms with Crippen molar-refractivity contribution in [2.45, 2.75) is 58.0 Å². The van der Waals surface area contributed by atoms with Crippen LogP contribution < -0.4 is 5.73 Å². The molecular weight excluding hydrogens is 226 g/mol. The molecular formula is C14H25N3O. The topological polar surface area (TPSA) is 55.3 Å². The first kappa shape index (κ1) is 13.6. The van der Waals surface area contributed by atoms with Crippen LogP contribution in [0.25, 0.3) is 0 Å². The number of nitrogens with zero attached hydrogens (tertiary/aromatic N) is 2. The highest BCUT2D eigenvalue weighted by molar-refractivity contribution is 4.99. The maximum atomic E-state index is 5.55. The highest BCUT2D eigenvalue weighted by atomic mass is 16.3. The number of piperidine rings is 1. The van der Waals surface area contributed by atoms with Crippen LogP contribution in [-0.2, 0) is 12.8 Å². The summed E-state index contributed by atoms with van der Waals surface area (Å²) in [5.74, 6) is 0.871. The Labute approximate surface area is 110 Å². The monoisotopic (exact) mass is 251 g/mol. The molecule has 1 fully saturated rings. The third-order valence-electron chi connectivity index (χ3n) is 3.75. The third kappa shape index (κ3) is 3.33. The van der Waals surface area contributed by atoms with Gasteiger partial charge in [0.2, 0.25) is 0 Å². The zero-order valence-corrected chi connectivity index (χ0v) is 11.6. The summed E-state index contributed by atoms with van der Waals surface area (Å²) in [5.41, 5.74) is 6.51. The average Bonchev–Trinajstić information content (AvgIpc) is 2.77. The van der Waals surface area contributed by atoms with Crippen LogP contribution in [0.15, 0.2) is 10.7 Å². The van der Waals surface area contributed by atoms with Gasteiger partial charge in [0.05, 0.1) is 5.69 Å². The first-order chi connectivity index (χ1) is 8.70. The predicted octanol–water partition coefficient (Wildman–Crippen LogP) is 1.98. The first-order valence-electron chi connectivity index (χ1n) is 7.09. The second kappa shape index (κ2) is 6.34. The Balaban J connectivity index is 1.97. The molecule has 0 aromatic carbocycles. The molecule has 1 aliphatic heterocycles. The molecule has 1 atom stereocenters. The minimum Gasteiger partial charge on any atom is -0.449 e. The summed E-state index contributed by atoms with van der Waals surface area (Å²) in [6, 6.07) is 1.19. The number of nitrogens with two attached hydrogens (primary N) is 1. The van der Waals surface area contributed by atoms with Crippen LogP contribution in [0.5, 0.6) is 0 Å². The van der Waals surface area contributed by atoms with Gasteiger partial charge in [-0.2, -0.15) is 0 Å². The highest BCUT2D eigenvalue weighted by Gasteiger charge is 2.25. The number of rotatable bonds is 5. The van der Waals surface area contributed by atoms with Gasteiger partial charge in [0.15, 0.2) is 5.89 Å². The normalized spacial score (nSPS) is 21.7. The summed E-state index contributed by atoms with van der Waals surface area (Å²) in [4.78, 5) is 7.09. The lowest BCUT2D eigenvalue weighted by Crippen LogP contribution is -2.45. The SMILES string of the molecule is CC(C)N1CCCCC1Cc1nc(CCN)co1. The van der Waals surface area contributed by atoms with Crippen LogP contribution in [0, 0.1) is 0 Å². The fourth-order valence-corrected chi connectivity index (χ4v) is 2.83. The van der Waals surface area contributed by atoms with Crippen LogP contribution in [0.2, 0.25) is 0 Å². The zero-order valence-electron chi connectivity index (χ0n) is 11.6. The standard InChI is InChI=1S/C14H25N3O/c1-11(2)17-8-4-3-5-13(17)9-14-16-12(6-7-15)10-18-14/h10-11,13H,3-9,15H2,1-2H3. The molecule has 4 heteroatoms. The van der Waals surface area contributed by atoms with Crippen molar-refractivity contribution in [2.75, 3.05) is 13.1 Å². The summed E-state index contributed by atoms with van der Waals surface area (Å²) >= 11 is 0. The third-order valence-corrected chi connectivity index (χ3v) is 3.75. The van der Waals surface area contributed by atoms with Crippen molar-refractivity contribution >= 4 is 0 Å². The number of hydrogen-bond acceptors (Lipinski definition) is 4. The van der Waals surface area contributed by atoms with Crippen molar-refractivity contribution in [1.82, 2.24) is 9.88 Å². The van der Waals surface area contributed by atoms with Gasteiger partial charge in [-0.25, -0.2) is 4.98 Å². The van der Waals surface area contributed by atoms with Crippen LogP contribution in [-0.4, -0.2) is 35.1 Å². The molecule has 1 saturated heterocycles. The molecule has 1 aromatic rings. The van der Waals surface area contributed by atoms with E-state index in [1.54, 1.807) is 6.26 Å². The minimum absolute atomic E-state index is 0.586. The second-order valence-electron chi connectivity index (χ2n) is 5.46. The van der Waals surface area contributed by atoms with Crippen molar-refractivity contribution in [1.29, 1.82) is 0 Å². The summed E-state index contributed by atoms with van der Waals surface area (Å²) in [6.07, 6.45) is 7.39. The molecule has 0 bridgehead atoms. The van der Waals surface area contributed by atoms with E-state index in [0.29, 0.717) is 18.6 Å². The molecule has 18 heavy (non-hydrogen) atoms. The van der Waals surface area contributed by atoms with Gasteiger partial charge in [0.1, 0.15) is 6.26 Å². The molecule has 0 saturated carbocycles. The lowest BCUT2D eigenvalue weighted by Gasteiger charge is -2.38. The van der Waals surface area contributed by atoms with E-state index in [9.17, 15) is 0 Å². The van der Waals surface area contributed by atoms with E-state index in [1.165, 1.54) is 25.8 Å². The van der Waals surface area contributed by atoms with Gasteiger partial charge in [-0.1, -0.05) is 6.42 Å². The van der Waals surface area contributed by atoms with E-state index in [0.717, 1.165) is 24.4 Å². The molecule has 0 spiro atoms. The Kier molecular flexibility index (Phi) is 4.78. The Morgan fingerprint density at radius 2 is 2.33 bits per heavy atom. The number of oxazole rings is 1. The van der Waals surface area contributed by atoms with Gasteiger partial charge >= 0.3 is 0 Å². The van der Waals surface area contributed by atoms with Crippen LogP contribution in [0.4, 0.5) is 0 Å². The second-order valence-corrected chi connectivity index (χ2v) is 5.46. The van der Waals surface area contributed by atoms with Crippen molar-refractivity contribution in [3.8, 4) is 0 Å². The van der Waals surface area contributed by atoms with Gasteiger partial charge in [0.25, 0.3) is 0 Å². The van der Waals surface area contributed by atoms with Crippen LogP contribution in [0.3, 0.4) is 0 Å². The highest BCUT2D eigenvalue weighted by Crippen LogP contribution is 2.22. The summed E-state index contributed by atoms with van der Waals surface area (Å²) in [6.45, 7) is 6.38. The van der Waals surface area contributed by atoms with Gasteiger partial charge in [-0.15, -0.1) is 0 Å². The molecule has 2 N–H and O–H groups in total. The van der Waals surface area contributed by atoms with Crippen LogP contribution >= 0.6 is 0 Å². The molecule has 102 valence electrons. The van der Waals surface area contributed by atoms with E-state index >= 15 is 0 Å². The fraction of sp³-hybridized carbons (Fsp3) is 0.786. The first-order valence-corrected chi connectivity index (χ1v) is 7.09. The quantitative estimate of drug-likeness (QED) is 0.869. The van der Waals surface area contributed by atoms with E-state index in [1.807, 2.05) is 0 Å². The minimum atomic E-state index is 0.586. The molecule has 2 rings (SSSR count). The van der Waals surface area contributed by atoms with E-state index in [-0.39, 0.29) is 0 Å². The van der Waals surface area contributed by atoms with Gasteiger partial charge in [-0.3, -0.25) is 4.90 Å². The molecule has 0 amide bonds. The molecule has 0 radical (unpaired) electrons. The maximum absolute atomic E-state index is 5.55. The van der Waals surface area contributed by atoms with E-state index < -0.39 is 0 Å². The number of likely N-dealkylation sites (tertiary alicyclic amines) is 1. The summed E-state index contributed by atoms with van der Waals surface area (Å²) < 4.78 is 5.55. The van der Waals surface area contributed by atoms with Gasteiger partial charge in [-0.05, 0) is 39.8 Å². The Morgan fingerprint density at radius 1 is 1.50 bits per heavy atom. The maximum Gasteiger partial charge on any atom is 0.195 e. The average molecular weight is 251 g/mol. The van der Waals surface area contributed by atoms with Gasteiger partial charge in [0, 0.05) is 24.9 Å². The van der Waals surface area contributed by atoms with E-state index in [2.05, 4.69) is 23.7 Å². The van der Waals surface area contributed by atoms with E-state index in [4.69, 9.17) is 10.2 Å². The van der Waals surface area contributed by atoms with Gasteiger partial charge < -0.3 is 10.2 Å². The number of hydrogen-bond donors (Lipinski definition) is 1. The lowest BCUT2D eigenvalue weighted by atomic mass is 9.98. The smallest absolute Gasteiger partial charge is 0.195 e. The fourth-order valence-electron chi connectivity index (χ4n) is 2.83. The molecule has 4 nitrogen and oxygen atoms in total. The summed E-state index contributed by atoms with van der Waals surface area (Å²) in [7, 11) is 0. The lowest BCUT2D eigenvalue weighted by molar-refractivity contribution is 0.107. The zero-order chi connectivity index (χ0) is 13.0. The summed E-state index contributed by atoms with van der Waals surface area (Å²) in [5, 5.41) is 0. The molecule has 0 aliphatic carbocycles. The molecule has 1 unspecified atom stereocenters. The van der Waals surface area contributed by atoms with Crippen molar-refractivity contribution < 1.29 is 4.42 Å². The van der Waals surface area contributed by atoms with Crippen LogP contribution in [0.1, 0.15) is 44.7 Å². The van der Waals surface area contributed by atoms with Crippen molar-refractivity contribution in [3.63, 3.8) is 0 Å². The Bertz CT molecular complexity index is 362.